The molecule has 0 aliphatic carbocycles. The summed E-state index contributed by atoms with van der Waals surface area (Å²) in [7, 11) is 1.53. The van der Waals surface area contributed by atoms with Gasteiger partial charge in [-0.3, -0.25) is 9.59 Å². The van der Waals surface area contributed by atoms with Gasteiger partial charge in [0.05, 0.1) is 13.2 Å². The highest BCUT2D eigenvalue weighted by molar-refractivity contribution is 5.76. The molecule has 0 unspecified atom stereocenters. The Labute approximate surface area is 82.7 Å². The zero-order valence-electron chi connectivity index (χ0n) is 8.25. The predicted molar refractivity (Wildman–Crippen MR) is 49.5 cm³/mol. The third kappa shape index (κ3) is 8.95. The second-order valence-electron chi connectivity index (χ2n) is 2.61. The Kier molecular flexibility index (Phi) is 7.77. The first-order valence-corrected chi connectivity index (χ1v) is 4.28. The molecule has 0 fully saturated rings. The maximum atomic E-state index is 11.0. The first kappa shape index (κ1) is 12.9. The molecule has 0 saturated carbocycles. The largest absolute Gasteiger partial charge is 0.384 e. The summed E-state index contributed by atoms with van der Waals surface area (Å²) >= 11 is 0. The third-order valence-electron chi connectivity index (χ3n) is 1.35. The van der Waals surface area contributed by atoms with Crippen LogP contribution in [0.15, 0.2) is 0 Å². The highest BCUT2D eigenvalue weighted by atomic mass is 16.5. The summed E-state index contributed by atoms with van der Waals surface area (Å²) < 4.78 is 9.55. The van der Waals surface area contributed by atoms with Crippen LogP contribution >= 0.6 is 0 Å². The molecule has 0 spiro atoms. The SMILES string of the molecule is COCCC(=O)NCCOCC(N)=O. The lowest BCUT2D eigenvalue weighted by molar-refractivity contribution is -0.123. The maximum absolute atomic E-state index is 11.0. The van der Waals surface area contributed by atoms with Crippen molar-refractivity contribution in [1.82, 2.24) is 5.32 Å². The first-order valence-electron chi connectivity index (χ1n) is 4.28. The number of primary amides is 1. The minimum atomic E-state index is -0.518. The number of rotatable bonds is 8. The average Bonchev–Trinajstić information content (AvgIpc) is 2.13. The van der Waals surface area contributed by atoms with Gasteiger partial charge in [-0.15, -0.1) is 0 Å². The fourth-order valence-electron chi connectivity index (χ4n) is 0.719. The summed E-state index contributed by atoms with van der Waals surface area (Å²) in [5, 5.41) is 2.60. The van der Waals surface area contributed by atoms with Crippen LogP contribution < -0.4 is 11.1 Å². The lowest BCUT2D eigenvalue weighted by Gasteiger charge is -2.04. The van der Waals surface area contributed by atoms with Crippen molar-refractivity contribution in [3.05, 3.63) is 0 Å². The third-order valence-corrected chi connectivity index (χ3v) is 1.35. The van der Waals surface area contributed by atoms with Crippen LogP contribution in [0.4, 0.5) is 0 Å². The maximum Gasteiger partial charge on any atom is 0.243 e. The molecule has 0 bridgehead atoms. The second-order valence-corrected chi connectivity index (χ2v) is 2.61. The molecule has 0 aromatic heterocycles. The van der Waals surface area contributed by atoms with E-state index in [-0.39, 0.29) is 19.1 Å². The Hall–Kier alpha value is -1.14. The highest BCUT2D eigenvalue weighted by Crippen LogP contribution is 1.80. The van der Waals surface area contributed by atoms with Gasteiger partial charge in [0.2, 0.25) is 11.8 Å². The van der Waals surface area contributed by atoms with Crippen molar-refractivity contribution >= 4 is 11.8 Å². The van der Waals surface area contributed by atoms with Crippen LogP contribution in [0.25, 0.3) is 0 Å². The molecule has 6 nitrogen and oxygen atoms in total. The smallest absolute Gasteiger partial charge is 0.243 e. The van der Waals surface area contributed by atoms with Gasteiger partial charge in [0.1, 0.15) is 6.61 Å². The Morgan fingerprint density at radius 2 is 2.07 bits per heavy atom. The van der Waals surface area contributed by atoms with Gasteiger partial charge >= 0.3 is 0 Å². The number of methoxy groups -OCH3 is 1. The van der Waals surface area contributed by atoms with E-state index in [1.165, 1.54) is 7.11 Å². The Morgan fingerprint density at radius 3 is 2.64 bits per heavy atom. The van der Waals surface area contributed by atoms with E-state index < -0.39 is 5.91 Å². The molecular formula is C8H16N2O4. The molecule has 14 heavy (non-hydrogen) atoms. The van der Waals surface area contributed by atoms with Gasteiger partial charge in [-0.2, -0.15) is 0 Å². The molecule has 0 heterocycles. The van der Waals surface area contributed by atoms with Gasteiger partial charge in [0, 0.05) is 20.1 Å². The summed E-state index contributed by atoms with van der Waals surface area (Å²) in [4.78, 5) is 21.2. The van der Waals surface area contributed by atoms with Gasteiger partial charge in [-0.05, 0) is 0 Å². The van der Waals surface area contributed by atoms with Crippen LogP contribution in [-0.2, 0) is 19.1 Å². The molecule has 0 radical (unpaired) electrons. The van der Waals surface area contributed by atoms with Crippen molar-refractivity contribution in [3.8, 4) is 0 Å². The van der Waals surface area contributed by atoms with E-state index >= 15 is 0 Å². The van der Waals surface area contributed by atoms with Crippen LogP contribution in [0.2, 0.25) is 0 Å². The van der Waals surface area contributed by atoms with E-state index in [0.29, 0.717) is 19.6 Å². The molecule has 0 aromatic carbocycles. The van der Waals surface area contributed by atoms with Gasteiger partial charge in [-0.1, -0.05) is 0 Å². The number of nitrogens with one attached hydrogen (secondary N) is 1. The van der Waals surface area contributed by atoms with E-state index in [9.17, 15) is 9.59 Å². The summed E-state index contributed by atoms with van der Waals surface area (Å²) in [5.74, 6) is -0.620. The van der Waals surface area contributed by atoms with Crippen molar-refractivity contribution in [3.63, 3.8) is 0 Å². The van der Waals surface area contributed by atoms with Crippen molar-refractivity contribution in [2.45, 2.75) is 6.42 Å². The number of nitrogens with two attached hydrogens (primary N) is 1. The average molecular weight is 204 g/mol. The normalized spacial score (nSPS) is 9.79. The first-order chi connectivity index (χ1) is 6.66. The van der Waals surface area contributed by atoms with E-state index in [4.69, 9.17) is 15.2 Å². The number of carbonyl (C=O) groups is 2. The minimum Gasteiger partial charge on any atom is -0.384 e. The van der Waals surface area contributed by atoms with Crippen molar-refractivity contribution in [1.29, 1.82) is 0 Å². The van der Waals surface area contributed by atoms with Gasteiger partial charge in [0.15, 0.2) is 0 Å². The standard InChI is InChI=1S/C8H16N2O4/c1-13-4-2-8(12)10-3-5-14-6-7(9)11/h2-6H2,1H3,(H2,9,11)(H,10,12). The van der Waals surface area contributed by atoms with Crippen molar-refractivity contribution in [2.75, 3.05) is 33.5 Å². The highest BCUT2D eigenvalue weighted by Gasteiger charge is 1.99. The Balaban J connectivity index is 3.19. The molecule has 6 heteroatoms. The number of ether oxygens (including phenoxy) is 2. The molecule has 0 aliphatic heterocycles. The van der Waals surface area contributed by atoms with Crippen LogP contribution in [0.5, 0.6) is 0 Å². The zero-order valence-corrected chi connectivity index (χ0v) is 8.25. The van der Waals surface area contributed by atoms with E-state index in [0.717, 1.165) is 0 Å². The predicted octanol–water partition coefficient (Wildman–Crippen LogP) is -1.36. The number of hydrogen-bond acceptors (Lipinski definition) is 4. The molecule has 0 atom stereocenters. The van der Waals surface area contributed by atoms with Gasteiger partial charge in [0.25, 0.3) is 0 Å². The van der Waals surface area contributed by atoms with Crippen LogP contribution in [0.3, 0.4) is 0 Å². The van der Waals surface area contributed by atoms with Gasteiger partial charge in [-0.25, -0.2) is 0 Å². The van der Waals surface area contributed by atoms with E-state index in [1.54, 1.807) is 0 Å². The molecule has 0 saturated heterocycles. The molecule has 82 valence electrons. The molecular weight excluding hydrogens is 188 g/mol. The summed E-state index contributed by atoms with van der Waals surface area (Å²) in [6, 6.07) is 0. The van der Waals surface area contributed by atoms with Crippen molar-refractivity contribution < 1.29 is 19.1 Å². The summed E-state index contributed by atoms with van der Waals surface area (Å²) in [5.41, 5.74) is 4.83. The zero-order chi connectivity index (χ0) is 10.8. The number of amides is 2. The monoisotopic (exact) mass is 204 g/mol. The fourth-order valence-corrected chi connectivity index (χ4v) is 0.719. The van der Waals surface area contributed by atoms with Crippen LogP contribution in [0.1, 0.15) is 6.42 Å². The van der Waals surface area contributed by atoms with E-state index in [2.05, 4.69) is 5.32 Å². The molecule has 2 amide bonds. The second kappa shape index (κ2) is 8.46. The summed E-state index contributed by atoms with van der Waals surface area (Å²) in [6.45, 7) is 0.930. The minimum absolute atomic E-state index is 0.102. The van der Waals surface area contributed by atoms with E-state index in [1.807, 2.05) is 0 Å². The molecule has 0 aliphatic rings. The fraction of sp³-hybridized carbons (Fsp3) is 0.750. The Bertz CT molecular complexity index is 184. The van der Waals surface area contributed by atoms with Crippen molar-refractivity contribution in [2.24, 2.45) is 5.73 Å². The molecule has 3 N–H and O–H groups in total. The summed E-state index contributed by atoms with van der Waals surface area (Å²) in [6.07, 6.45) is 0.326. The number of hydrogen-bond donors (Lipinski definition) is 2. The Morgan fingerprint density at radius 1 is 1.36 bits per heavy atom. The van der Waals surface area contributed by atoms with Gasteiger partial charge < -0.3 is 20.5 Å². The number of carbonyl (C=O) groups excluding carboxylic acids is 2. The molecule has 0 rings (SSSR count). The molecule has 0 aromatic rings. The topological polar surface area (TPSA) is 90.7 Å². The van der Waals surface area contributed by atoms with Crippen LogP contribution in [0, 0.1) is 0 Å². The lowest BCUT2D eigenvalue weighted by atomic mass is 10.4. The quantitative estimate of drug-likeness (QED) is 0.478. The lowest BCUT2D eigenvalue weighted by Crippen LogP contribution is -2.29. The van der Waals surface area contributed by atoms with Crippen LogP contribution in [-0.4, -0.2) is 45.3 Å².